The Hall–Kier alpha value is -1.84. The first-order valence-corrected chi connectivity index (χ1v) is 8.36. The van der Waals surface area contributed by atoms with Gasteiger partial charge in [-0.3, -0.25) is 0 Å². The van der Waals surface area contributed by atoms with Crippen LogP contribution in [0.15, 0.2) is 36.4 Å². The number of ether oxygens (including phenoxy) is 1. The summed E-state index contributed by atoms with van der Waals surface area (Å²) in [5, 5.41) is 19.1. The maximum absolute atomic E-state index is 9.57. The van der Waals surface area contributed by atoms with Gasteiger partial charge in [-0.05, 0) is 36.1 Å². The second-order valence-electron chi connectivity index (χ2n) is 5.71. The first kappa shape index (κ1) is 17.5. The third kappa shape index (κ3) is 4.12. The smallest absolute Gasteiger partial charge is 0.130 e. The van der Waals surface area contributed by atoms with E-state index in [4.69, 9.17) is 4.74 Å². The number of benzene rings is 2. The van der Waals surface area contributed by atoms with Crippen LogP contribution >= 0.6 is 0 Å². The van der Waals surface area contributed by atoms with Crippen LogP contribution in [0.1, 0.15) is 48.9 Å². The molecule has 2 aromatic carbocycles. The normalized spacial score (nSPS) is 10.8. The molecule has 0 amide bonds. The van der Waals surface area contributed by atoms with Crippen LogP contribution in [-0.4, -0.2) is 10.2 Å². The summed E-state index contributed by atoms with van der Waals surface area (Å²) in [6.45, 7) is 4.27. The van der Waals surface area contributed by atoms with Crippen LogP contribution in [0.4, 0.5) is 0 Å². The minimum atomic E-state index is 0.0189. The van der Waals surface area contributed by atoms with Gasteiger partial charge < -0.3 is 14.9 Å². The Bertz CT molecular complexity index is 579. The van der Waals surface area contributed by atoms with Crippen molar-refractivity contribution >= 4 is 0 Å². The maximum Gasteiger partial charge on any atom is 0.130 e. The molecule has 0 saturated heterocycles. The number of rotatable bonds is 8. The summed E-state index contributed by atoms with van der Waals surface area (Å²) in [5.41, 5.74) is 3.96. The Morgan fingerprint density at radius 3 is 1.52 bits per heavy atom. The zero-order chi connectivity index (χ0) is 16.7. The topological polar surface area (TPSA) is 49.7 Å². The van der Waals surface area contributed by atoms with Gasteiger partial charge in [-0.2, -0.15) is 0 Å². The van der Waals surface area contributed by atoms with E-state index in [1.54, 1.807) is 0 Å². The van der Waals surface area contributed by atoms with Gasteiger partial charge in [-0.15, -0.1) is 0 Å². The van der Waals surface area contributed by atoms with Crippen molar-refractivity contribution < 1.29 is 14.9 Å². The molecule has 124 valence electrons. The predicted molar refractivity (Wildman–Crippen MR) is 92.8 cm³/mol. The van der Waals surface area contributed by atoms with Crippen LogP contribution in [0.25, 0.3) is 0 Å². The van der Waals surface area contributed by atoms with Gasteiger partial charge in [0.25, 0.3) is 0 Å². The highest BCUT2D eigenvalue weighted by molar-refractivity contribution is 5.47. The van der Waals surface area contributed by atoms with Gasteiger partial charge in [0.1, 0.15) is 11.5 Å². The van der Waals surface area contributed by atoms with Crippen molar-refractivity contribution in [3.63, 3.8) is 0 Å². The van der Waals surface area contributed by atoms with E-state index in [9.17, 15) is 10.2 Å². The van der Waals surface area contributed by atoms with Gasteiger partial charge in [-0.1, -0.05) is 51.0 Å². The summed E-state index contributed by atoms with van der Waals surface area (Å²) in [6, 6.07) is 11.6. The van der Waals surface area contributed by atoms with E-state index in [-0.39, 0.29) is 13.2 Å². The van der Waals surface area contributed by atoms with Crippen molar-refractivity contribution in [2.24, 2.45) is 0 Å². The molecule has 0 bridgehead atoms. The zero-order valence-electron chi connectivity index (χ0n) is 14.0. The zero-order valence-corrected chi connectivity index (χ0v) is 14.0. The highest BCUT2D eigenvalue weighted by Crippen LogP contribution is 2.33. The molecule has 0 spiro atoms. The molecule has 23 heavy (non-hydrogen) atoms. The molecule has 0 aliphatic carbocycles. The Morgan fingerprint density at radius 1 is 0.739 bits per heavy atom. The SMILES string of the molecule is CCCc1c(CO)cccc1Oc1cccc(CO)c1CCC. The fourth-order valence-electron chi connectivity index (χ4n) is 2.90. The van der Waals surface area contributed by atoms with Crippen LogP contribution in [-0.2, 0) is 26.1 Å². The maximum atomic E-state index is 9.57. The van der Waals surface area contributed by atoms with E-state index in [1.807, 2.05) is 36.4 Å². The van der Waals surface area contributed by atoms with Crippen molar-refractivity contribution in [3.05, 3.63) is 58.7 Å². The minimum absolute atomic E-state index is 0.0189. The Labute approximate surface area is 138 Å². The number of aliphatic hydroxyl groups is 2. The molecule has 0 radical (unpaired) electrons. The molecule has 0 fully saturated rings. The van der Waals surface area contributed by atoms with Crippen molar-refractivity contribution in [1.82, 2.24) is 0 Å². The molecule has 0 aliphatic rings. The third-order valence-electron chi connectivity index (χ3n) is 4.02. The van der Waals surface area contributed by atoms with Crippen LogP contribution in [0.2, 0.25) is 0 Å². The van der Waals surface area contributed by atoms with Crippen LogP contribution in [0, 0.1) is 0 Å². The van der Waals surface area contributed by atoms with Gasteiger partial charge in [0.15, 0.2) is 0 Å². The monoisotopic (exact) mass is 314 g/mol. The Balaban J connectivity index is 2.43. The summed E-state index contributed by atoms with van der Waals surface area (Å²) in [4.78, 5) is 0. The van der Waals surface area contributed by atoms with E-state index in [2.05, 4.69) is 13.8 Å². The summed E-state index contributed by atoms with van der Waals surface area (Å²) in [7, 11) is 0. The molecular weight excluding hydrogens is 288 g/mol. The quantitative estimate of drug-likeness (QED) is 0.760. The third-order valence-corrected chi connectivity index (χ3v) is 4.02. The fourth-order valence-corrected chi connectivity index (χ4v) is 2.90. The Morgan fingerprint density at radius 2 is 1.17 bits per heavy atom. The van der Waals surface area contributed by atoms with Gasteiger partial charge >= 0.3 is 0 Å². The van der Waals surface area contributed by atoms with Gasteiger partial charge in [0.2, 0.25) is 0 Å². The lowest BCUT2D eigenvalue weighted by atomic mass is 10.0. The molecule has 2 rings (SSSR count). The van der Waals surface area contributed by atoms with Gasteiger partial charge in [-0.25, -0.2) is 0 Å². The molecule has 0 aromatic heterocycles. The number of hydrogen-bond donors (Lipinski definition) is 2. The molecule has 2 aromatic rings. The first-order valence-electron chi connectivity index (χ1n) is 8.36. The molecule has 0 aliphatic heterocycles. The minimum Gasteiger partial charge on any atom is -0.457 e. The average molecular weight is 314 g/mol. The number of aliphatic hydroxyl groups excluding tert-OH is 2. The van der Waals surface area contributed by atoms with E-state index in [0.29, 0.717) is 0 Å². The summed E-state index contributed by atoms with van der Waals surface area (Å²) < 4.78 is 6.21. The Kier molecular flexibility index (Phi) is 6.63. The van der Waals surface area contributed by atoms with Gasteiger partial charge in [0, 0.05) is 11.1 Å². The van der Waals surface area contributed by atoms with E-state index in [0.717, 1.165) is 59.4 Å². The van der Waals surface area contributed by atoms with Crippen LogP contribution in [0.5, 0.6) is 11.5 Å². The van der Waals surface area contributed by atoms with E-state index >= 15 is 0 Å². The van der Waals surface area contributed by atoms with Crippen molar-refractivity contribution in [2.45, 2.75) is 52.7 Å². The number of hydrogen-bond acceptors (Lipinski definition) is 3. The van der Waals surface area contributed by atoms with Crippen molar-refractivity contribution in [1.29, 1.82) is 0 Å². The molecule has 3 heteroatoms. The molecule has 3 nitrogen and oxygen atoms in total. The molecule has 2 N–H and O–H groups in total. The standard InChI is InChI=1S/C20H26O3/c1-3-7-17-15(13-21)9-5-11-19(17)23-20-12-6-10-16(14-22)18(20)8-4-2/h5-6,9-12,21-22H,3-4,7-8,13-14H2,1-2H3. The van der Waals surface area contributed by atoms with Crippen molar-refractivity contribution in [2.75, 3.05) is 0 Å². The fraction of sp³-hybridized carbons (Fsp3) is 0.400. The highest BCUT2D eigenvalue weighted by Gasteiger charge is 2.13. The largest absolute Gasteiger partial charge is 0.457 e. The molecule has 0 saturated carbocycles. The highest BCUT2D eigenvalue weighted by atomic mass is 16.5. The lowest BCUT2D eigenvalue weighted by molar-refractivity contribution is 0.279. The summed E-state index contributed by atoms with van der Waals surface area (Å²) in [5.74, 6) is 1.59. The average Bonchev–Trinajstić information content (AvgIpc) is 2.58. The van der Waals surface area contributed by atoms with Crippen LogP contribution in [0.3, 0.4) is 0 Å². The predicted octanol–water partition coefficient (Wildman–Crippen LogP) is 4.37. The molecule has 0 atom stereocenters. The molecular formula is C20H26O3. The van der Waals surface area contributed by atoms with Crippen molar-refractivity contribution in [3.8, 4) is 11.5 Å². The second kappa shape index (κ2) is 8.70. The summed E-state index contributed by atoms with van der Waals surface area (Å²) in [6.07, 6.45) is 3.72. The lowest BCUT2D eigenvalue weighted by Gasteiger charge is -2.17. The first-order chi connectivity index (χ1) is 11.2. The summed E-state index contributed by atoms with van der Waals surface area (Å²) >= 11 is 0. The van der Waals surface area contributed by atoms with E-state index < -0.39 is 0 Å². The van der Waals surface area contributed by atoms with Crippen LogP contribution < -0.4 is 4.74 Å². The molecule has 0 unspecified atom stereocenters. The second-order valence-corrected chi connectivity index (χ2v) is 5.71. The van der Waals surface area contributed by atoms with Gasteiger partial charge in [0.05, 0.1) is 13.2 Å². The molecule has 0 heterocycles. The lowest BCUT2D eigenvalue weighted by Crippen LogP contribution is -2.01. The van der Waals surface area contributed by atoms with E-state index in [1.165, 1.54) is 0 Å².